The average molecular weight is 741 g/mol. The molecule has 7 nitrogen and oxygen atoms in total. The zero-order valence-corrected chi connectivity index (χ0v) is 29.5. The van der Waals surface area contributed by atoms with Crippen molar-refractivity contribution in [2.24, 2.45) is 0 Å². The molecule has 0 aromatic heterocycles. The minimum atomic E-state index is -2.45. The predicted octanol–water partition coefficient (Wildman–Crippen LogP) is 5.63. The molecule has 1 fully saturated rings. The molecule has 1 N–H and O–H groups in total. The average Bonchev–Trinajstić information content (AvgIpc) is 3.12. The first-order valence-electron chi connectivity index (χ1n) is 15.1. The maximum absolute atomic E-state index is 13.9. The maximum atomic E-state index is 13.9. The molecule has 0 aliphatic carbocycles. The molecule has 0 saturated carbocycles. The number of halogens is 3. The summed E-state index contributed by atoms with van der Waals surface area (Å²) in [6.07, 6.45) is 0.453. The van der Waals surface area contributed by atoms with Crippen molar-refractivity contribution in [3.05, 3.63) is 133 Å². The van der Waals surface area contributed by atoms with Gasteiger partial charge in [0.1, 0.15) is 52.6 Å². The van der Waals surface area contributed by atoms with Crippen LogP contribution < -0.4 is 26.0 Å². The van der Waals surface area contributed by atoms with Crippen LogP contribution in [-0.4, -0.2) is 63.0 Å². The molecule has 0 unspecified atom stereocenters. The summed E-state index contributed by atoms with van der Waals surface area (Å²) in [6, 6.07) is 38.8. The van der Waals surface area contributed by atoms with Crippen LogP contribution in [-0.2, 0) is 19.1 Å². The monoisotopic (exact) mass is 739 g/mol. The van der Waals surface area contributed by atoms with Gasteiger partial charge < -0.3 is 14.8 Å². The lowest BCUT2D eigenvalue weighted by Gasteiger charge is -2.50. The van der Waals surface area contributed by atoms with Crippen LogP contribution in [0.1, 0.15) is 0 Å². The number of fused-ring (bicyclic) bond motifs is 1. The fourth-order valence-electron chi connectivity index (χ4n) is 5.94. The molecule has 4 aromatic rings. The molecule has 246 valence electrons. The second-order valence-electron chi connectivity index (χ2n) is 11.2. The molecule has 4 aromatic carbocycles. The zero-order chi connectivity index (χ0) is 33.7. The molecule has 2 aliphatic heterocycles. The van der Waals surface area contributed by atoms with Crippen LogP contribution in [0.2, 0.25) is 0 Å². The van der Waals surface area contributed by atoms with E-state index >= 15 is 0 Å². The number of carbonyl (C=O) groups excluding carboxylic acids is 3. The highest BCUT2D eigenvalue weighted by Gasteiger charge is 2.56. The Morgan fingerprint density at radius 1 is 0.812 bits per heavy atom. The molecule has 1 saturated heterocycles. The van der Waals surface area contributed by atoms with Crippen molar-refractivity contribution in [3.63, 3.8) is 0 Å². The van der Waals surface area contributed by atoms with E-state index in [1.807, 2.05) is 60.7 Å². The van der Waals surface area contributed by atoms with Crippen molar-refractivity contribution in [2.45, 2.75) is 15.2 Å². The van der Waals surface area contributed by atoms with Crippen LogP contribution in [0.5, 0.6) is 5.75 Å². The lowest BCUT2D eigenvalue weighted by molar-refractivity contribution is -0.153. The van der Waals surface area contributed by atoms with Gasteiger partial charge in [0.05, 0.1) is 6.16 Å². The molecule has 6 rings (SSSR count). The lowest BCUT2D eigenvalue weighted by Crippen LogP contribution is -2.71. The molecule has 2 heterocycles. The molecule has 0 spiro atoms. The Labute approximate surface area is 298 Å². The highest BCUT2D eigenvalue weighted by Crippen LogP contribution is 2.58. The number of carbonyl (C=O) groups is 3. The molecule has 0 bridgehead atoms. The lowest BCUT2D eigenvalue weighted by atomic mass is 10.0. The first-order chi connectivity index (χ1) is 23.2. The van der Waals surface area contributed by atoms with Gasteiger partial charge in [-0.1, -0.05) is 108 Å². The summed E-state index contributed by atoms with van der Waals surface area (Å²) in [7, 11) is -2.45. The molecule has 2 amide bonds. The third-order valence-electron chi connectivity index (χ3n) is 8.06. The Hall–Kier alpha value is -3.52. The van der Waals surface area contributed by atoms with E-state index in [1.165, 1.54) is 16.7 Å². The Morgan fingerprint density at radius 2 is 1.31 bits per heavy atom. The number of nitrogens with zero attached hydrogens (tertiary/aromatic N) is 1. The van der Waals surface area contributed by atoms with Gasteiger partial charge >= 0.3 is 5.97 Å². The number of benzene rings is 4. The summed E-state index contributed by atoms with van der Waals surface area (Å²) in [5, 5.41) is 5.61. The third-order valence-corrected chi connectivity index (χ3v) is 14.1. The number of amides is 2. The van der Waals surface area contributed by atoms with E-state index in [0.717, 1.165) is 21.5 Å². The number of β-lactam (4-membered cyclic amide) rings is 1. The molecule has 48 heavy (non-hydrogen) atoms. The summed E-state index contributed by atoms with van der Waals surface area (Å²) in [4.78, 5) is 42.0. The van der Waals surface area contributed by atoms with E-state index in [9.17, 15) is 14.4 Å². The summed E-state index contributed by atoms with van der Waals surface area (Å²) in [5.41, 5.74) is 0.859. The van der Waals surface area contributed by atoms with Crippen molar-refractivity contribution in [1.82, 2.24) is 10.2 Å². The number of hydrogen-bond acceptors (Lipinski definition) is 6. The molecule has 2 atom stereocenters. The van der Waals surface area contributed by atoms with Gasteiger partial charge in [0, 0.05) is 11.3 Å². The standard InChI is InChI=1S/C36H30Cl3N2O5PS/c37-36(38,39)24-46-35(44)32-25(23-48-34-31(33(43)41(32)34)40-30(42)21-45-26-13-5-1-6-14-26)22-47(27-15-7-2-8-16-27,28-17-9-3-10-18-28)29-19-11-4-12-20-29/h1-20,31,34H,21-24H2/p+1/t31-,34-/m1/s1. The van der Waals surface area contributed by atoms with Crippen LogP contribution >= 0.6 is 53.8 Å². The number of esters is 1. The molecular weight excluding hydrogens is 710 g/mol. The Bertz CT molecular complexity index is 1700. The number of nitrogens with one attached hydrogen (secondary N) is 1. The van der Waals surface area contributed by atoms with E-state index in [0.29, 0.717) is 17.7 Å². The summed E-state index contributed by atoms with van der Waals surface area (Å²) in [5.74, 6) is -0.695. The second-order valence-corrected chi connectivity index (χ2v) is 18.3. The Morgan fingerprint density at radius 3 is 1.81 bits per heavy atom. The number of hydrogen-bond donors (Lipinski definition) is 1. The van der Waals surface area contributed by atoms with Crippen LogP contribution in [0.4, 0.5) is 0 Å². The number of rotatable bonds is 11. The van der Waals surface area contributed by atoms with Gasteiger partial charge in [0.2, 0.25) is 3.79 Å². The van der Waals surface area contributed by atoms with E-state index in [4.69, 9.17) is 44.3 Å². The quantitative estimate of drug-likeness (QED) is 0.0930. The first kappa shape index (κ1) is 34.3. The first-order valence-corrected chi connectivity index (χ1v) is 19.3. The summed E-state index contributed by atoms with van der Waals surface area (Å²) >= 11 is 19.4. The highest BCUT2D eigenvalue weighted by atomic mass is 35.6. The van der Waals surface area contributed by atoms with Crippen molar-refractivity contribution in [1.29, 1.82) is 0 Å². The van der Waals surface area contributed by atoms with Crippen molar-refractivity contribution in [3.8, 4) is 5.75 Å². The third kappa shape index (κ3) is 7.39. The smallest absolute Gasteiger partial charge is 0.355 e. The summed E-state index contributed by atoms with van der Waals surface area (Å²) < 4.78 is 9.25. The molecule has 12 heteroatoms. The molecule has 0 radical (unpaired) electrons. The van der Waals surface area contributed by atoms with Gasteiger partial charge in [0.15, 0.2) is 6.61 Å². The summed E-state index contributed by atoms with van der Waals surface area (Å²) in [6.45, 7) is -0.761. The van der Waals surface area contributed by atoms with Crippen molar-refractivity contribution in [2.75, 3.05) is 25.1 Å². The van der Waals surface area contributed by atoms with Gasteiger partial charge in [-0.3, -0.25) is 14.5 Å². The minimum absolute atomic E-state index is 0.121. The van der Waals surface area contributed by atoms with Gasteiger partial charge in [0.25, 0.3) is 11.8 Å². The van der Waals surface area contributed by atoms with E-state index in [2.05, 4.69) is 41.7 Å². The fraction of sp³-hybridized carbons (Fsp3) is 0.194. The fourth-order valence-corrected chi connectivity index (χ4v) is 11.9. The largest absolute Gasteiger partial charge is 0.484 e. The zero-order valence-electron chi connectivity index (χ0n) is 25.5. The Kier molecular flexibility index (Phi) is 10.7. The Balaban J connectivity index is 1.38. The number of alkyl halides is 3. The number of thioether (sulfide) groups is 1. The van der Waals surface area contributed by atoms with E-state index in [1.54, 1.807) is 24.3 Å². The van der Waals surface area contributed by atoms with E-state index in [-0.39, 0.29) is 12.3 Å². The van der Waals surface area contributed by atoms with Crippen molar-refractivity contribution < 1.29 is 23.9 Å². The molecular formula is C36H31Cl3N2O5PS+. The van der Waals surface area contributed by atoms with Gasteiger partial charge in [-0.05, 0) is 48.5 Å². The maximum Gasteiger partial charge on any atom is 0.355 e. The van der Waals surface area contributed by atoms with Gasteiger partial charge in [-0.25, -0.2) is 4.79 Å². The van der Waals surface area contributed by atoms with Gasteiger partial charge in [-0.15, -0.1) is 11.8 Å². The second kappa shape index (κ2) is 14.9. The van der Waals surface area contributed by atoms with Crippen LogP contribution in [0, 0.1) is 0 Å². The SMILES string of the molecule is O=C(COc1ccccc1)N[C@@H]1C(=O)N2C(C(=O)OCC(Cl)(Cl)Cl)=C(C[P+](c3ccccc3)(c3ccccc3)c3ccccc3)CS[C@H]12. The number of para-hydroxylation sites is 1. The van der Waals surface area contributed by atoms with Gasteiger partial charge in [-0.2, -0.15) is 0 Å². The van der Waals surface area contributed by atoms with Crippen LogP contribution in [0.3, 0.4) is 0 Å². The predicted molar refractivity (Wildman–Crippen MR) is 195 cm³/mol. The normalized spacial score (nSPS) is 17.6. The minimum Gasteiger partial charge on any atom is -0.484 e. The van der Waals surface area contributed by atoms with E-state index < -0.39 is 46.9 Å². The van der Waals surface area contributed by atoms with Crippen LogP contribution in [0.15, 0.2) is 133 Å². The topological polar surface area (TPSA) is 84.9 Å². The molecule has 2 aliphatic rings. The van der Waals surface area contributed by atoms with Crippen molar-refractivity contribution >= 4 is 87.5 Å². The van der Waals surface area contributed by atoms with Crippen LogP contribution in [0.25, 0.3) is 0 Å². The number of ether oxygens (including phenoxy) is 2. The highest BCUT2D eigenvalue weighted by molar-refractivity contribution is 8.00.